The number of nitrogens with one attached hydrogen (secondary N) is 1. The summed E-state index contributed by atoms with van der Waals surface area (Å²) in [6.07, 6.45) is 2.53. The van der Waals surface area contributed by atoms with Gasteiger partial charge in [-0.3, -0.25) is 0 Å². The summed E-state index contributed by atoms with van der Waals surface area (Å²) in [5.41, 5.74) is 6.06. The van der Waals surface area contributed by atoms with Crippen molar-refractivity contribution in [2.45, 2.75) is 45.2 Å². The van der Waals surface area contributed by atoms with Crippen molar-refractivity contribution in [1.82, 2.24) is 5.32 Å². The zero-order chi connectivity index (χ0) is 24.6. The quantitative estimate of drug-likeness (QED) is 0.317. The standard InChI is InChI=1S/C30H33N3O2/c1-22(32-23(2)25-10-5-3-6-11-25)18-24-19-27-14-16-33(29(27)28(20-24)21-31)15-9-17-35-30(34)26-12-7-4-8-13-26/h3-8,10-13,19-20,22-23,32H,9,14-18H2,1-2H3/t22-,23-/m0/s1. The molecule has 1 heterocycles. The van der Waals surface area contributed by atoms with Gasteiger partial charge in [0.15, 0.2) is 0 Å². The predicted octanol–water partition coefficient (Wildman–Crippen LogP) is 5.45. The summed E-state index contributed by atoms with van der Waals surface area (Å²) in [5.74, 6) is -0.293. The number of ether oxygens (including phenoxy) is 1. The van der Waals surface area contributed by atoms with Crippen LogP contribution in [0.25, 0.3) is 0 Å². The number of hydrogen-bond acceptors (Lipinski definition) is 5. The lowest BCUT2D eigenvalue weighted by atomic mass is 9.98. The van der Waals surface area contributed by atoms with E-state index in [2.05, 4.69) is 60.5 Å². The Morgan fingerprint density at radius 3 is 2.51 bits per heavy atom. The number of nitrogens with zero attached hydrogens (tertiary/aromatic N) is 2. The highest BCUT2D eigenvalue weighted by Gasteiger charge is 2.24. The molecule has 5 nitrogen and oxygen atoms in total. The maximum Gasteiger partial charge on any atom is 0.338 e. The number of fused-ring (bicyclic) bond motifs is 1. The monoisotopic (exact) mass is 467 g/mol. The van der Waals surface area contributed by atoms with Gasteiger partial charge in [-0.05, 0) is 68.0 Å². The fraction of sp³-hybridized carbons (Fsp3) is 0.333. The van der Waals surface area contributed by atoms with E-state index in [0.29, 0.717) is 12.2 Å². The Balaban J connectivity index is 1.33. The van der Waals surface area contributed by atoms with Crippen molar-refractivity contribution in [3.05, 3.63) is 101 Å². The van der Waals surface area contributed by atoms with Gasteiger partial charge in [0.25, 0.3) is 0 Å². The van der Waals surface area contributed by atoms with Crippen LogP contribution in [0.4, 0.5) is 5.69 Å². The molecule has 3 aromatic rings. The second-order valence-electron chi connectivity index (χ2n) is 9.26. The first-order valence-corrected chi connectivity index (χ1v) is 12.4. The summed E-state index contributed by atoms with van der Waals surface area (Å²) in [4.78, 5) is 14.4. The molecule has 1 aliphatic heterocycles. The van der Waals surface area contributed by atoms with Crippen LogP contribution < -0.4 is 10.2 Å². The molecule has 3 aromatic carbocycles. The van der Waals surface area contributed by atoms with Crippen LogP contribution in [0, 0.1) is 11.3 Å². The third-order valence-electron chi connectivity index (χ3n) is 6.53. The molecule has 0 aliphatic carbocycles. The van der Waals surface area contributed by atoms with Crippen molar-refractivity contribution in [1.29, 1.82) is 5.26 Å². The minimum Gasteiger partial charge on any atom is -0.462 e. The number of carbonyl (C=O) groups is 1. The average Bonchev–Trinajstić information content (AvgIpc) is 3.29. The Labute approximate surface area is 208 Å². The lowest BCUT2D eigenvalue weighted by molar-refractivity contribution is 0.0502. The molecular formula is C30H33N3O2. The van der Waals surface area contributed by atoms with Gasteiger partial charge in [-0.15, -0.1) is 0 Å². The van der Waals surface area contributed by atoms with Crippen LogP contribution in [0.3, 0.4) is 0 Å². The maximum absolute atomic E-state index is 12.1. The number of rotatable bonds is 10. The normalized spacial score (nSPS) is 14.1. The van der Waals surface area contributed by atoms with Crippen LogP contribution in [0.15, 0.2) is 72.8 Å². The minimum absolute atomic E-state index is 0.266. The number of benzene rings is 3. The van der Waals surface area contributed by atoms with Crippen LogP contribution in [-0.2, 0) is 17.6 Å². The largest absolute Gasteiger partial charge is 0.462 e. The lowest BCUT2D eigenvalue weighted by Gasteiger charge is -2.22. The van der Waals surface area contributed by atoms with Crippen LogP contribution in [0.5, 0.6) is 0 Å². The van der Waals surface area contributed by atoms with Gasteiger partial charge in [-0.1, -0.05) is 54.6 Å². The van der Waals surface area contributed by atoms with Gasteiger partial charge in [-0.25, -0.2) is 4.79 Å². The van der Waals surface area contributed by atoms with Crippen molar-refractivity contribution in [3.8, 4) is 6.07 Å². The molecule has 0 bridgehead atoms. The van der Waals surface area contributed by atoms with E-state index < -0.39 is 0 Å². The van der Waals surface area contributed by atoms with Gasteiger partial charge in [0.2, 0.25) is 0 Å². The van der Waals surface area contributed by atoms with E-state index in [1.807, 2.05) is 30.3 Å². The predicted molar refractivity (Wildman–Crippen MR) is 140 cm³/mol. The zero-order valence-corrected chi connectivity index (χ0v) is 20.5. The molecule has 0 spiro atoms. The molecule has 0 amide bonds. The maximum atomic E-state index is 12.1. The molecule has 0 radical (unpaired) electrons. The molecule has 0 unspecified atom stereocenters. The second-order valence-corrected chi connectivity index (χ2v) is 9.26. The Morgan fingerprint density at radius 2 is 1.80 bits per heavy atom. The van der Waals surface area contributed by atoms with Gasteiger partial charge in [0.05, 0.1) is 23.4 Å². The average molecular weight is 468 g/mol. The lowest BCUT2D eigenvalue weighted by Crippen LogP contribution is -2.30. The molecule has 1 aliphatic rings. The summed E-state index contributed by atoms with van der Waals surface area (Å²) in [5, 5.41) is 13.6. The summed E-state index contributed by atoms with van der Waals surface area (Å²) in [7, 11) is 0. The van der Waals surface area contributed by atoms with E-state index in [9.17, 15) is 10.1 Å². The molecule has 0 aromatic heterocycles. The first-order chi connectivity index (χ1) is 17.0. The van der Waals surface area contributed by atoms with E-state index in [1.165, 1.54) is 16.7 Å². The molecule has 4 rings (SSSR count). The topological polar surface area (TPSA) is 65.4 Å². The number of esters is 1. The molecule has 0 fully saturated rings. The second kappa shape index (κ2) is 11.7. The van der Waals surface area contributed by atoms with Gasteiger partial charge < -0.3 is 15.0 Å². The van der Waals surface area contributed by atoms with Gasteiger partial charge >= 0.3 is 5.97 Å². The van der Waals surface area contributed by atoms with E-state index in [1.54, 1.807) is 12.1 Å². The van der Waals surface area contributed by atoms with E-state index in [4.69, 9.17) is 4.74 Å². The van der Waals surface area contributed by atoms with Crippen LogP contribution in [0.2, 0.25) is 0 Å². The molecule has 5 heteroatoms. The van der Waals surface area contributed by atoms with E-state index in [0.717, 1.165) is 43.6 Å². The molecule has 2 atom stereocenters. The number of hydrogen-bond donors (Lipinski definition) is 1. The summed E-state index contributed by atoms with van der Waals surface area (Å²) < 4.78 is 5.42. The Bertz CT molecular complexity index is 1170. The van der Waals surface area contributed by atoms with E-state index >= 15 is 0 Å². The van der Waals surface area contributed by atoms with Gasteiger partial charge in [0.1, 0.15) is 6.07 Å². The van der Waals surface area contributed by atoms with Crippen molar-refractivity contribution in [2.75, 3.05) is 24.6 Å². The first-order valence-electron chi connectivity index (χ1n) is 12.4. The highest BCUT2D eigenvalue weighted by Crippen LogP contribution is 2.33. The van der Waals surface area contributed by atoms with Crippen LogP contribution in [0.1, 0.15) is 58.9 Å². The molecule has 180 valence electrons. The molecule has 35 heavy (non-hydrogen) atoms. The fourth-order valence-electron chi connectivity index (χ4n) is 4.87. The van der Waals surface area contributed by atoms with Crippen molar-refractivity contribution < 1.29 is 9.53 Å². The molecule has 0 saturated heterocycles. The zero-order valence-electron chi connectivity index (χ0n) is 20.5. The summed E-state index contributed by atoms with van der Waals surface area (Å²) in [6.45, 7) is 6.39. The number of nitriles is 1. The number of anilines is 1. The summed E-state index contributed by atoms with van der Waals surface area (Å²) in [6, 6.07) is 26.8. The molecular weight excluding hydrogens is 434 g/mol. The molecule has 1 N–H and O–H groups in total. The Hall–Kier alpha value is -3.62. The first kappa shape index (κ1) is 24.5. The van der Waals surface area contributed by atoms with Gasteiger partial charge in [-0.2, -0.15) is 5.26 Å². The number of carbonyl (C=O) groups excluding carboxylic acids is 1. The molecule has 0 saturated carbocycles. The highest BCUT2D eigenvalue weighted by atomic mass is 16.5. The SMILES string of the molecule is C[C@H](N[C@@H](C)Cc1cc(C#N)c2c(c1)CCN2CCCOC(=O)c1ccccc1)c1ccccc1. The summed E-state index contributed by atoms with van der Waals surface area (Å²) >= 11 is 0. The van der Waals surface area contributed by atoms with Crippen molar-refractivity contribution in [2.24, 2.45) is 0 Å². The van der Waals surface area contributed by atoms with Gasteiger partial charge in [0, 0.05) is 25.2 Å². The fourth-order valence-corrected chi connectivity index (χ4v) is 4.87. The Morgan fingerprint density at radius 1 is 1.09 bits per heavy atom. The van der Waals surface area contributed by atoms with Crippen LogP contribution >= 0.6 is 0 Å². The minimum atomic E-state index is -0.293. The smallest absolute Gasteiger partial charge is 0.338 e. The van der Waals surface area contributed by atoms with Crippen molar-refractivity contribution in [3.63, 3.8) is 0 Å². The van der Waals surface area contributed by atoms with Crippen molar-refractivity contribution >= 4 is 11.7 Å². The third-order valence-corrected chi connectivity index (χ3v) is 6.53. The third kappa shape index (κ3) is 6.29. The van der Waals surface area contributed by atoms with E-state index in [-0.39, 0.29) is 18.1 Å². The Kier molecular flexibility index (Phi) is 8.18. The highest BCUT2D eigenvalue weighted by molar-refractivity contribution is 5.89. The van der Waals surface area contributed by atoms with Crippen LogP contribution in [-0.4, -0.2) is 31.7 Å².